The third-order valence-corrected chi connectivity index (χ3v) is 7.94. The van der Waals surface area contributed by atoms with E-state index in [0.29, 0.717) is 5.41 Å². The molecule has 4 saturated carbocycles. The molecule has 3 heteroatoms. The van der Waals surface area contributed by atoms with Crippen LogP contribution in [0.4, 0.5) is 0 Å². The summed E-state index contributed by atoms with van der Waals surface area (Å²) in [5.74, 6) is 3.65. The minimum atomic E-state index is 0.163. The lowest BCUT2D eigenvalue weighted by atomic mass is 9.62. The molecule has 4 aliphatic rings. The van der Waals surface area contributed by atoms with Crippen LogP contribution in [0.5, 0.6) is 0 Å². The second kappa shape index (κ2) is 5.17. The molecule has 4 aliphatic carbocycles. The smallest absolute Gasteiger partial charge is 0.109 e. The molecule has 5 rings (SSSR count). The maximum atomic E-state index is 5.72. The van der Waals surface area contributed by atoms with Crippen LogP contribution in [-0.2, 0) is 5.41 Å². The van der Waals surface area contributed by atoms with Crippen LogP contribution >= 0.6 is 24.0 Å². The van der Waals surface area contributed by atoms with E-state index in [4.69, 9.17) is 12.2 Å². The van der Waals surface area contributed by atoms with Crippen LogP contribution in [0.1, 0.15) is 31.2 Å². The van der Waals surface area contributed by atoms with Crippen molar-refractivity contribution in [3.8, 4) is 0 Å². The van der Waals surface area contributed by atoms with Gasteiger partial charge < -0.3 is 0 Å². The maximum Gasteiger partial charge on any atom is 0.109 e. The summed E-state index contributed by atoms with van der Waals surface area (Å²) in [5.41, 5.74) is 2.04. The lowest BCUT2D eigenvalue weighted by Gasteiger charge is -2.43. The van der Waals surface area contributed by atoms with E-state index in [-0.39, 0.29) is 5.41 Å². The SMILES string of the molecule is C=NC(=S)C12CC3CC(c4ccccc4)(CC1C3CSC)C2. The second-order valence-electron chi connectivity index (χ2n) is 7.54. The van der Waals surface area contributed by atoms with Crippen molar-refractivity contribution in [2.24, 2.45) is 28.2 Å². The largest absolute Gasteiger partial charge is 0.257 e. The molecule has 0 amide bonds. The molecule has 1 aromatic rings. The summed E-state index contributed by atoms with van der Waals surface area (Å²) in [4.78, 5) is 5.16. The molecule has 4 fully saturated rings. The molecule has 0 aromatic heterocycles. The molecule has 0 N–H and O–H groups in total. The van der Waals surface area contributed by atoms with Gasteiger partial charge in [0.1, 0.15) is 4.99 Å². The Bertz CT molecular complexity index is 613. The minimum absolute atomic E-state index is 0.163. The van der Waals surface area contributed by atoms with Gasteiger partial charge >= 0.3 is 0 Å². The van der Waals surface area contributed by atoms with E-state index < -0.39 is 0 Å². The van der Waals surface area contributed by atoms with Gasteiger partial charge in [0.05, 0.1) is 0 Å². The number of rotatable bonds is 4. The molecule has 0 aliphatic heterocycles. The van der Waals surface area contributed by atoms with E-state index >= 15 is 0 Å². The zero-order chi connectivity index (χ0) is 15.4. The van der Waals surface area contributed by atoms with Crippen molar-refractivity contribution in [1.82, 2.24) is 0 Å². The van der Waals surface area contributed by atoms with Gasteiger partial charge in [0, 0.05) is 5.41 Å². The number of hydrogen-bond donors (Lipinski definition) is 0. The van der Waals surface area contributed by atoms with E-state index in [0.717, 1.165) is 22.7 Å². The van der Waals surface area contributed by atoms with Crippen LogP contribution < -0.4 is 0 Å². The Hall–Kier alpha value is -0.670. The minimum Gasteiger partial charge on any atom is -0.257 e. The summed E-state index contributed by atoms with van der Waals surface area (Å²) in [5, 5.41) is 0. The molecule has 0 saturated heterocycles. The highest BCUT2D eigenvalue weighted by Gasteiger charge is 2.69. The van der Waals surface area contributed by atoms with Crippen molar-refractivity contribution in [3.63, 3.8) is 0 Å². The molecule has 22 heavy (non-hydrogen) atoms. The monoisotopic (exact) mass is 329 g/mol. The lowest BCUT2D eigenvalue weighted by Crippen LogP contribution is -2.37. The average molecular weight is 330 g/mol. The first-order valence-corrected chi connectivity index (χ1v) is 10.0. The van der Waals surface area contributed by atoms with E-state index in [1.807, 2.05) is 11.8 Å². The molecule has 1 aromatic carbocycles. The van der Waals surface area contributed by atoms with Gasteiger partial charge in [-0.3, -0.25) is 4.99 Å². The lowest BCUT2D eigenvalue weighted by molar-refractivity contribution is 0.177. The van der Waals surface area contributed by atoms with Gasteiger partial charge in [0.25, 0.3) is 0 Å². The van der Waals surface area contributed by atoms with Gasteiger partial charge in [0.2, 0.25) is 0 Å². The predicted octanol–water partition coefficient (Wildman–Crippen LogP) is 4.75. The molecular weight excluding hydrogens is 306 g/mol. The number of nitrogens with zero attached hydrogens (tertiary/aromatic N) is 1. The number of aliphatic imine (C=N–C) groups is 1. The fraction of sp³-hybridized carbons (Fsp3) is 0.579. The summed E-state index contributed by atoms with van der Waals surface area (Å²) in [6.07, 6.45) is 7.35. The van der Waals surface area contributed by atoms with Crippen LogP contribution in [0.3, 0.4) is 0 Å². The molecule has 0 radical (unpaired) electrons. The quantitative estimate of drug-likeness (QED) is 0.584. The van der Waals surface area contributed by atoms with Gasteiger partial charge in [-0.05, 0) is 73.1 Å². The van der Waals surface area contributed by atoms with Crippen molar-refractivity contribution in [2.75, 3.05) is 12.0 Å². The maximum absolute atomic E-state index is 5.72. The first-order valence-electron chi connectivity index (χ1n) is 8.21. The van der Waals surface area contributed by atoms with Crippen LogP contribution in [0.15, 0.2) is 35.3 Å². The molecule has 0 heterocycles. The zero-order valence-corrected chi connectivity index (χ0v) is 14.8. The third kappa shape index (κ3) is 1.85. The van der Waals surface area contributed by atoms with Crippen molar-refractivity contribution >= 4 is 35.7 Å². The van der Waals surface area contributed by atoms with E-state index in [1.54, 1.807) is 0 Å². The van der Waals surface area contributed by atoms with E-state index in [1.165, 1.54) is 37.0 Å². The van der Waals surface area contributed by atoms with Crippen LogP contribution in [0, 0.1) is 23.2 Å². The Balaban J connectivity index is 1.77. The third-order valence-electron chi connectivity index (χ3n) is 6.69. The first kappa shape index (κ1) is 14.9. The van der Waals surface area contributed by atoms with Gasteiger partial charge in [-0.15, -0.1) is 0 Å². The number of thioether (sulfide) groups is 1. The Kier molecular flexibility index (Phi) is 3.50. The number of thiocarbonyl (C=S) groups is 1. The van der Waals surface area contributed by atoms with Crippen molar-refractivity contribution < 1.29 is 0 Å². The van der Waals surface area contributed by atoms with E-state index in [2.05, 4.69) is 48.3 Å². The summed E-state index contributed by atoms with van der Waals surface area (Å²) in [7, 11) is 0. The second-order valence-corrected chi connectivity index (χ2v) is 8.84. The zero-order valence-electron chi connectivity index (χ0n) is 13.1. The standard InChI is InChI=1S/C19H23NS2/c1-20-17(21)19-9-13-8-18(12-19,14-6-4-3-5-7-14)10-16(19)15(13)11-22-2/h3-7,13,15-16H,1,8-12H2,2H3. The first-order chi connectivity index (χ1) is 10.6. The summed E-state index contributed by atoms with van der Waals surface area (Å²) in [6, 6.07) is 11.2. The highest BCUT2D eigenvalue weighted by atomic mass is 32.2. The number of hydrogen-bond acceptors (Lipinski definition) is 2. The fourth-order valence-corrected chi connectivity index (χ4v) is 7.29. The molecule has 5 atom stereocenters. The summed E-state index contributed by atoms with van der Waals surface area (Å²) >= 11 is 7.72. The molecule has 0 spiro atoms. The van der Waals surface area contributed by atoms with Crippen LogP contribution in [0.25, 0.3) is 0 Å². The Morgan fingerprint density at radius 3 is 2.77 bits per heavy atom. The van der Waals surface area contributed by atoms with E-state index in [9.17, 15) is 0 Å². The highest BCUT2D eigenvalue weighted by molar-refractivity contribution is 7.98. The van der Waals surface area contributed by atoms with Crippen LogP contribution in [-0.4, -0.2) is 23.7 Å². The highest BCUT2D eigenvalue weighted by Crippen LogP contribution is 2.73. The Morgan fingerprint density at radius 1 is 1.32 bits per heavy atom. The average Bonchev–Trinajstić information content (AvgIpc) is 2.92. The predicted molar refractivity (Wildman–Crippen MR) is 100 cm³/mol. The fourth-order valence-electron chi connectivity index (χ4n) is 6.09. The molecule has 116 valence electrons. The van der Waals surface area contributed by atoms with Gasteiger partial charge in [-0.2, -0.15) is 11.8 Å². The summed E-state index contributed by atoms with van der Waals surface area (Å²) in [6.45, 7) is 3.77. The van der Waals surface area contributed by atoms with Crippen molar-refractivity contribution in [1.29, 1.82) is 0 Å². The summed E-state index contributed by atoms with van der Waals surface area (Å²) < 4.78 is 0. The van der Waals surface area contributed by atoms with Crippen molar-refractivity contribution in [2.45, 2.75) is 31.1 Å². The molecule has 1 nitrogen and oxygen atoms in total. The molecular formula is C19H23NS2. The van der Waals surface area contributed by atoms with Gasteiger partial charge in [-0.25, -0.2) is 0 Å². The topological polar surface area (TPSA) is 12.4 Å². The normalized spacial score (nSPS) is 41.8. The number of benzene rings is 1. The van der Waals surface area contributed by atoms with Gasteiger partial charge in [-0.1, -0.05) is 42.5 Å². The van der Waals surface area contributed by atoms with Crippen LogP contribution in [0.2, 0.25) is 0 Å². The molecule has 4 bridgehead atoms. The van der Waals surface area contributed by atoms with Gasteiger partial charge in [0.15, 0.2) is 0 Å². The Morgan fingerprint density at radius 2 is 2.09 bits per heavy atom. The Labute approximate surface area is 143 Å². The van der Waals surface area contributed by atoms with Crippen molar-refractivity contribution in [3.05, 3.63) is 35.9 Å². The molecule has 5 unspecified atom stereocenters.